The van der Waals surface area contributed by atoms with E-state index in [9.17, 15) is 9.90 Å². The molecule has 5 heteroatoms. The van der Waals surface area contributed by atoms with E-state index in [4.69, 9.17) is 0 Å². The predicted molar refractivity (Wildman–Crippen MR) is 67.7 cm³/mol. The number of rotatable bonds is 3. The standard InChI is InChI=1S/C11H22N2O2S/c1-8-4-5-13(7-10(8)14)11(15)12-6-9(2)16-3/h8-10,14H,4-7H2,1-3H3,(H,12,15). The summed E-state index contributed by atoms with van der Waals surface area (Å²) in [5.41, 5.74) is 0. The maximum absolute atomic E-state index is 11.8. The summed E-state index contributed by atoms with van der Waals surface area (Å²) in [6.07, 6.45) is 2.54. The molecule has 1 saturated heterocycles. The van der Waals surface area contributed by atoms with Gasteiger partial charge in [0.2, 0.25) is 0 Å². The quantitative estimate of drug-likeness (QED) is 0.785. The van der Waals surface area contributed by atoms with Crippen molar-refractivity contribution in [1.82, 2.24) is 10.2 Å². The number of carbonyl (C=O) groups is 1. The fourth-order valence-electron chi connectivity index (χ4n) is 1.66. The van der Waals surface area contributed by atoms with Crippen LogP contribution in [0.5, 0.6) is 0 Å². The summed E-state index contributed by atoms with van der Waals surface area (Å²) < 4.78 is 0. The molecule has 16 heavy (non-hydrogen) atoms. The van der Waals surface area contributed by atoms with E-state index in [1.54, 1.807) is 16.7 Å². The van der Waals surface area contributed by atoms with Crippen molar-refractivity contribution >= 4 is 17.8 Å². The molecule has 3 unspecified atom stereocenters. The van der Waals surface area contributed by atoms with Gasteiger partial charge in [-0.05, 0) is 18.6 Å². The number of hydrogen-bond donors (Lipinski definition) is 2. The number of carbonyl (C=O) groups excluding carboxylic acids is 1. The summed E-state index contributed by atoms with van der Waals surface area (Å²) in [5, 5.41) is 13.0. The molecule has 1 fully saturated rings. The molecule has 3 atom stereocenters. The van der Waals surface area contributed by atoms with Gasteiger partial charge in [0.05, 0.1) is 6.10 Å². The van der Waals surface area contributed by atoms with E-state index in [0.717, 1.165) is 13.0 Å². The largest absolute Gasteiger partial charge is 0.391 e. The van der Waals surface area contributed by atoms with Gasteiger partial charge in [0.15, 0.2) is 0 Å². The van der Waals surface area contributed by atoms with Gasteiger partial charge in [-0.1, -0.05) is 13.8 Å². The number of aliphatic hydroxyl groups is 1. The molecular formula is C11H22N2O2S. The number of urea groups is 1. The number of nitrogens with one attached hydrogen (secondary N) is 1. The van der Waals surface area contributed by atoms with Crippen LogP contribution in [0.1, 0.15) is 20.3 Å². The summed E-state index contributed by atoms with van der Waals surface area (Å²) in [6, 6.07) is -0.0492. The zero-order valence-electron chi connectivity index (χ0n) is 10.3. The van der Waals surface area contributed by atoms with Crippen molar-refractivity contribution in [3.63, 3.8) is 0 Å². The highest BCUT2D eigenvalue weighted by Gasteiger charge is 2.27. The second-order valence-electron chi connectivity index (χ2n) is 4.51. The molecule has 4 nitrogen and oxygen atoms in total. The molecule has 0 aromatic heterocycles. The molecule has 0 spiro atoms. The number of hydrogen-bond acceptors (Lipinski definition) is 3. The van der Waals surface area contributed by atoms with E-state index in [2.05, 4.69) is 12.2 Å². The Balaban J connectivity index is 2.32. The van der Waals surface area contributed by atoms with Crippen LogP contribution in [0.25, 0.3) is 0 Å². The molecule has 2 amide bonds. The van der Waals surface area contributed by atoms with Crippen LogP contribution in [0.3, 0.4) is 0 Å². The number of likely N-dealkylation sites (tertiary alicyclic amines) is 1. The van der Waals surface area contributed by atoms with Crippen molar-refractivity contribution in [2.24, 2.45) is 5.92 Å². The highest BCUT2D eigenvalue weighted by Crippen LogP contribution is 2.16. The number of aliphatic hydroxyl groups excluding tert-OH is 1. The Hall–Kier alpha value is -0.420. The first-order chi connectivity index (χ1) is 7.54. The van der Waals surface area contributed by atoms with Crippen LogP contribution < -0.4 is 5.32 Å². The second-order valence-corrected chi connectivity index (χ2v) is 5.79. The monoisotopic (exact) mass is 246 g/mol. The summed E-state index contributed by atoms with van der Waals surface area (Å²) in [7, 11) is 0. The first kappa shape index (κ1) is 13.6. The van der Waals surface area contributed by atoms with E-state index < -0.39 is 0 Å². The minimum absolute atomic E-state index is 0.0492. The van der Waals surface area contributed by atoms with Crippen LogP contribution in [0, 0.1) is 5.92 Å². The zero-order valence-corrected chi connectivity index (χ0v) is 11.1. The highest BCUT2D eigenvalue weighted by atomic mass is 32.2. The highest BCUT2D eigenvalue weighted by molar-refractivity contribution is 7.99. The molecule has 0 radical (unpaired) electrons. The Morgan fingerprint density at radius 2 is 2.38 bits per heavy atom. The van der Waals surface area contributed by atoms with Crippen molar-refractivity contribution in [2.45, 2.75) is 31.6 Å². The van der Waals surface area contributed by atoms with E-state index in [-0.39, 0.29) is 12.1 Å². The Bertz CT molecular complexity index is 238. The fourth-order valence-corrected chi connectivity index (χ4v) is 1.91. The average molecular weight is 246 g/mol. The van der Waals surface area contributed by atoms with Crippen LogP contribution in [0.15, 0.2) is 0 Å². The lowest BCUT2D eigenvalue weighted by Gasteiger charge is -2.34. The van der Waals surface area contributed by atoms with Crippen LogP contribution in [-0.4, -0.2) is 53.3 Å². The van der Waals surface area contributed by atoms with Gasteiger partial charge in [0, 0.05) is 24.9 Å². The number of thioether (sulfide) groups is 1. The van der Waals surface area contributed by atoms with E-state index in [0.29, 0.717) is 24.3 Å². The Morgan fingerprint density at radius 1 is 1.69 bits per heavy atom. The first-order valence-corrected chi connectivity index (χ1v) is 7.07. The molecular weight excluding hydrogens is 224 g/mol. The molecule has 2 N–H and O–H groups in total. The molecule has 1 aliphatic heterocycles. The SMILES string of the molecule is CSC(C)CNC(=O)N1CCC(C)C(O)C1. The van der Waals surface area contributed by atoms with Gasteiger partial charge in [0.1, 0.15) is 0 Å². The molecule has 1 aliphatic rings. The predicted octanol–water partition coefficient (Wildman–Crippen LogP) is 1.15. The van der Waals surface area contributed by atoms with Gasteiger partial charge in [-0.25, -0.2) is 4.79 Å². The second kappa shape index (κ2) is 6.35. The maximum atomic E-state index is 11.8. The first-order valence-electron chi connectivity index (χ1n) is 5.78. The summed E-state index contributed by atoms with van der Waals surface area (Å²) >= 11 is 1.73. The summed E-state index contributed by atoms with van der Waals surface area (Å²) in [4.78, 5) is 13.5. The topological polar surface area (TPSA) is 52.6 Å². The smallest absolute Gasteiger partial charge is 0.317 e. The maximum Gasteiger partial charge on any atom is 0.317 e. The van der Waals surface area contributed by atoms with E-state index >= 15 is 0 Å². The summed E-state index contributed by atoms with van der Waals surface area (Å²) in [5.74, 6) is 0.300. The van der Waals surface area contributed by atoms with Crippen molar-refractivity contribution in [2.75, 3.05) is 25.9 Å². The normalized spacial score (nSPS) is 27.6. The van der Waals surface area contributed by atoms with Gasteiger partial charge in [-0.15, -0.1) is 0 Å². The van der Waals surface area contributed by atoms with Gasteiger partial charge in [-0.3, -0.25) is 0 Å². The lowest BCUT2D eigenvalue weighted by Crippen LogP contribution is -2.50. The molecule has 0 aliphatic carbocycles. The molecule has 1 rings (SSSR count). The fraction of sp³-hybridized carbons (Fsp3) is 0.909. The third-order valence-corrected chi connectivity index (χ3v) is 4.12. The Kier molecular flexibility index (Phi) is 5.41. The van der Waals surface area contributed by atoms with Gasteiger partial charge in [-0.2, -0.15) is 11.8 Å². The van der Waals surface area contributed by atoms with Gasteiger partial charge < -0.3 is 15.3 Å². The molecule has 0 bridgehead atoms. The molecule has 1 heterocycles. The third kappa shape index (κ3) is 3.87. The molecule has 0 saturated carbocycles. The van der Waals surface area contributed by atoms with E-state index in [1.165, 1.54) is 0 Å². The molecule has 0 aromatic rings. The minimum Gasteiger partial charge on any atom is -0.391 e. The average Bonchev–Trinajstić information content (AvgIpc) is 2.29. The van der Waals surface area contributed by atoms with Crippen LogP contribution in [0.2, 0.25) is 0 Å². The lowest BCUT2D eigenvalue weighted by atomic mass is 9.96. The number of nitrogens with zero attached hydrogens (tertiary/aromatic N) is 1. The number of β-amino-alcohol motifs (C(OH)–C–C–N with tert-alkyl or cyclic N) is 1. The van der Waals surface area contributed by atoms with Crippen molar-refractivity contribution < 1.29 is 9.90 Å². The molecule has 94 valence electrons. The van der Waals surface area contributed by atoms with E-state index in [1.807, 2.05) is 13.2 Å². The third-order valence-electron chi connectivity index (χ3n) is 3.15. The van der Waals surface area contributed by atoms with Crippen molar-refractivity contribution in [1.29, 1.82) is 0 Å². The zero-order chi connectivity index (χ0) is 12.1. The molecule has 0 aromatic carbocycles. The lowest BCUT2D eigenvalue weighted by molar-refractivity contribution is 0.0436. The number of amides is 2. The van der Waals surface area contributed by atoms with Crippen molar-refractivity contribution in [3.05, 3.63) is 0 Å². The van der Waals surface area contributed by atoms with Gasteiger partial charge in [0.25, 0.3) is 0 Å². The summed E-state index contributed by atoms with van der Waals surface area (Å²) in [6.45, 7) is 5.99. The Morgan fingerprint density at radius 3 is 2.94 bits per heavy atom. The Labute approximate surface area is 102 Å². The minimum atomic E-state index is -0.377. The van der Waals surface area contributed by atoms with Gasteiger partial charge >= 0.3 is 6.03 Å². The van der Waals surface area contributed by atoms with Crippen LogP contribution in [0.4, 0.5) is 4.79 Å². The van der Waals surface area contributed by atoms with Crippen LogP contribution >= 0.6 is 11.8 Å². The van der Waals surface area contributed by atoms with Crippen LogP contribution in [-0.2, 0) is 0 Å². The van der Waals surface area contributed by atoms with Crippen molar-refractivity contribution in [3.8, 4) is 0 Å². The number of piperidine rings is 1.